The van der Waals surface area contributed by atoms with Crippen LogP contribution < -0.4 is 4.90 Å². The summed E-state index contributed by atoms with van der Waals surface area (Å²) in [5.74, 6) is 0.595. The van der Waals surface area contributed by atoms with Crippen molar-refractivity contribution >= 4 is 22.5 Å². The van der Waals surface area contributed by atoms with Crippen LogP contribution in [0.1, 0.15) is 21.6 Å². The molecule has 0 amide bonds. The van der Waals surface area contributed by atoms with Crippen molar-refractivity contribution in [3.63, 3.8) is 0 Å². The van der Waals surface area contributed by atoms with E-state index in [1.54, 1.807) is 0 Å². The van der Waals surface area contributed by atoms with Gasteiger partial charge in [-0.05, 0) is 25.1 Å². The number of H-pyrrole nitrogens is 1. The Labute approximate surface area is 166 Å². The second-order valence-electron chi connectivity index (χ2n) is 7.26. The predicted octanol–water partition coefficient (Wildman–Crippen LogP) is 3.90. The van der Waals surface area contributed by atoms with Gasteiger partial charge in [-0.1, -0.05) is 18.2 Å². The van der Waals surface area contributed by atoms with Crippen LogP contribution in [-0.2, 0) is 6.18 Å². The molecule has 1 aliphatic heterocycles. The number of piperazine rings is 1. The van der Waals surface area contributed by atoms with Crippen LogP contribution in [0, 0.1) is 6.92 Å². The van der Waals surface area contributed by atoms with E-state index in [0.717, 1.165) is 34.4 Å². The number of nitrogens with zero attached hydrogens (tertiary/aromatic N) is 3. The number of hydrogen-bond donors (Lipinski definition) is 1. The van der Waals surface area contributed by atoms with E-state index in [4.69, 9.17) is 0 Å². The Kier molecular flexibility index (Phi) is 5.04. The molecule has 0 spiro atoms. The number of halogens is 3. The lowest BCUT2D eigenvalue weighted by Crippen LogP contribution is -2.48. The molecule has 152 valence electrons. The second kappa shape index (κ2) is 7.51. The highest BCUT2D eigenvalue weighted by Crippen LogP contribution is 2.29. The van der Waals surface area contributed by atoms with E-state index >= 15 is 0 Å². The van der Waals surface area contributed by atoms with Crippen molar-refractivity contribution in [2.75, 3.05) is 37.6 Å². The van der Waals surface area contributed by atoms with E-state index in [2.05, 4.69) is 14.9 Å². The average molecular weight is 402 g/mol. The van der Waals surface area contributed by atoms with E-state index in [1.165, 1.54) is 6.07 Å². The highest BCUT2D eigenvalue weighted by atomic mass is 19.4. The van der Waals surface area contributed by atoms with Crippen LogP contribution in [0.3, 0.4) is 0 Å². The summed E-state index contributed by atoms with van der Waals surface area (Å²) < 4.78 is 38.0. The Hall–Kier alpha value is -2.87. The number of para-hydroxylation sites is 1. The predicted molar refractivity (Wildman–Crippen MR) is 105 cm³/mol. The minimum Gasteiger partial charge on any atom is -0.358 e. The van der Waals surface area contributed by atoms with Gasteiger partial charge in [-0.15, -0.1) is 0 Å². The molecule has 1 N–H and O–H groups in total. The van der Waals surface area contributed by atoms with Gasteiger partial charge in [0.25, 0.3) is 0 Å². The largest absolute Gasteiger partial charge is 0.417 e. The van der Waals surface area contributed by atoms with Crippen LogP contribution in [-0.4, -0.2) is 53.4 Å². The topological polar surface area (TPSA) is 52.2 Å². The summed E-state index contributed by atoms with van der Waals surface area (Å²) in [6.07, 6.45) is -3.52. The number of pyridine rings is 1. The number of nitrogens with one attached hydrogen (secondary N) is 1. The molecule has 1 fully saturated rings. The van der Waals surface area contributed by atoms with E-state index in [-0.39, 0.29) is 5.78 Å². The lowest BCUT2D eigenvalue weighted by atomic mass is 10.1. The van der Waals surface area contributed by atoms with Crippen molar-refractivity contribution < 1.29 is 18.0 Å². The quantitative estimate of drug-likeness (QED) is 0.673. The Bertz CT molecular complexity index is 1020. The molecule has 29 heavy (non-hydrogen) atoms. The number of rotatable bonds is 4. The fourth-order valence-corrected chi connectivity index (χ4v) is 3.79. The fraction of sp³-hybridized carbons (Fsp3) is 0.333. The van der Waals surface area contributed by atoms with Gasteiger partial charge in [-0.2, -0.15) is 13.2 Å². The SMILES string of the molecule is Cc1[nH]c2ccccc2c1C(=O)CN1CCN(c2ccc(C(F)(F)F)cn2)CC1. The highest BCUT2D eigenvalue weighted by molar-refractivity contribution is 6.10. The maximum atomic E-state index is 12.9. The molecule has 0 bridgehead atoms. The number of aromatic amines is 1. The molecule has 2 aromatic heterocycles. The summed E-state index contributed by atoms with van der Waals surface area (Å²) in [4.78, 5) is 24.1. The van der Waals surface area contributed by atoms with Crippen LogP contribution in [0.4, 0.5) is 19.0 Å². The van der Waals surface area contributed by atoms with Crippen molar-refractivity contribution in [2.24, 2.45) is 0 Å². The first-order valence-corrected chi connectivity index (χ1v) is 9.44. The van der Waals surface area contributed by atoms with Crippen LogP contribution in [0.15, 0.2) is 42.6 Å². The molecule has 0 atom stereocenters. The maximum Gasteiger partial charge on any atom is 0.417 e. The van der Waals surface area contributed by atoms with Crippen LogP contribution in [0.5, 0.6) is 0 Å². The average Bonchev–Trinajstić information content (AvgIpc) is 3.04. The Balaban J connectivity index is 1.38. The van der Waals surface area contributed by atoms with Crippen molar-refractivity contribution in [1.29, 1.82) is 0 Å². The first kappa shape index (κ1) is 19.4. The molecule has 1 saturated heterocycles. The Morgan fingerprint density at radius 3 is 2.48 bits per heavy atom. The molecule has 0 unspecified atom stereocenters. The molecule has 1 aliphatic rings. The third kappa shape index (κ3) is 3.98. The number of benzene rings is 1. The number of Topliss-reactive ketones (excluding diaryl/α,β-unsaturated/α-hetero) is 1. The number of anilines is 1. The van der Waals surface area contributed by atoms with Crippen LogP contribution in [0.25, 0.3) is 10.9 Å². The number of hydrogen-bond acceptors (Lipinski definition) is 4. The molecule has 8 heteroatoms. The zero-order valence-corrected chi connectivity index (χ0v) is 16.0. The lowest BCUT2D eigenvalue weighted by Gasteiger charge is -2.35. The Morgan fingerprint density at radius 1 is 1.10 bits per heavy atom. The number of fused-ring (bicyclic) bond motifs is 1. The number of aryl methyl sites for hydroxylation is 1. The number of aromatic nitrogens is 2. The van der Waals surface area contributed by atoms with Gasteiger partial charge in [-0.3, -0.25) is 9.69 Å². The van der Waals surface area contributed by atoms with Gasteiger partial charge in [-0.25, -0.2) is 4.98 Å². The highest BCUT2D eigenvalue weighted by Gasteiger charge is 2.31. The van der Waals surface area contributed by atoms with Gasteiger partial charge in [0.1, 0.15) is 5.82 Å². The Morgan fingerprint density at radius 2 is 1.83 bits per heavy atom. The summed E-state index contributed by atoms with van der Waals surface area (Å²) in [7, 11) is 0. The summed E-state index contributed by atoms with van der Waals surface area (Å²) in [5, 5.41) is 0.933. The second-order valence-corrected chi connectivity index (χ2v) is 7.26. The number of alkyl halides is 3. The molecule has 1 aromatic carbocycles. The smallest absolute Gasteiger partial charge is 0.358 e. The molecular formula is C21H21F3N4O. The minimum absolute atomic E-state index is 0.0704. The summed E-state index contributed by atoms with van der Waals surface area (Å²) in [6, 6.07) is 10.2. The molecule has 5 nitrogen and oxygen atoms in total. The van der Waals surface area contributed by atoms with Gasteiger partial charge in [0.2, 0.25) is 0 Å². The fourth-order valence-electron chi connectivity index (χ4n) is 3.79. The first-order valence-electron chi connectivity index (χ1n) is 9.44. The van der Waals surface area contributed by atoms with Gasteiger partial charge in [0.15, 0.2) is 5.78 Å². The van der Waals surface area contributed by atoms with Crippen molar-refractivity contribution in [3.8, 4) is 0 Å². The zero-order chi connectivity index (χ0) is 20.6. The monoisotopic (exact) mass is 402 g/mol. The first-order chi connectivity index (χ1) is 13.8. The van der Waals surface area contributed by atoms with Crippen molar-refractivity contribution in [1.82, 2.24) is 14.9 Å². The normalized spacial score (nSPS) is 15.8. The van der Waals surface area contributed by atoms with Crippen molar-refractivity contribution in [3.05, 3.63) is 59.4 Å². The van der Waals surface area contributed by atoms with Gasteiger partial charge < -0.3 is 9.88 Å². The van der Waals surface area contributed by atoms with E-state index in [0.29, 0.717) is 38.5 Å². The minimum atomic E-state index is -4.38. The van der Waals surface area contributed by atoms with E-state index in [1.807, 2.05) is 36.1 Å². The molecule has 0 saturated carbocycles. The third-order valence-corrected chi connectivity index (χ3v) is 5.31. The molecular weight excluding hydrogens is 381 g/mol. The number of ketones is 1. The number of carbonyl (C=O) groups excluding carboxylic acids is 1. The summed E-state index contributed by atoms with van der Waals surface area (Å²) >= 11 is 0. The molecule has 3 aromatic rings. The van der Waals surface area contributed by atoms with Crippen molar-refractivity contribution in [2.45, 2.75) is 13.1 Å². The molecule has 3 heterocycles. The standard InChI is InChI=1S/C21H21F3N4O/c1-14-20(16-4-2-3-5-17(16)26-14)18(29)13-27-8-10-28(11-9-27)19-7-6-15(12-25-19)21(22,23)24/h2-7,12,26H,8-11,13H2,1H3. The molecule has 0 radical (unpaired) electrons. The maximum absolute atomic E-state index is 12.9. The van der Waals surface area contributed by atoms with E-state index < -0.39 is 11.7 Å². The number of carbonyl (C=O) groups is 1. The van der Waals surface area contributed by atoms with Gasteiger partial charge in [0.05, 0.1) is 12.1 Å². The lowest BCUT2D eigenvalue weighted by molar-refractivity contribution is -0.137. The molecule has 4 rings (SSSR count). The van der Waals surface area contributed by atoms with E-state index in [9.17, 15) is 18.0 Å². The van der Waals surface area contributed by atoms with Crippen LogP contribution >= 0.6 is 0 Å². The summed E-state index contributed by atoms with van der Waals surface area (Å²) in [5.41, 5.74) is 1.79. The third-order valence-electron chi connectivity index (χ3n) is 5.31. The molecule has 0 aliphatic carbocycles. The van der Waals surface area contributed by atoms with Gasteiger partial charge in [0, 0.05) is 54.5 Å². The van der Waals surface area contributed by atoms with Gasteiger partial charge >= 0.3 is 6.18 Å². The zero-order valence-electron chi connectivity index (χ0n) is 16.0. The van der Waals surface area contributed by atoms with Crippen LogP contribution in [0.2, 0.25) is 0 Å². The summed E-state index contributed by atoms with van der Waals surface area (Å²) in [6.45, 7) is 4.74.